The van der Waals surface area contributed by atoms with Crippen molar-refractivity contribution in [1.82, 2.24) is 0 Å². The SMILES string of the molecule is COc1cccc(N(C)S(=O)(=O)c2ccc3c(c2)=NC(=O)C(=O)N=3)c1. The van der Waals surface area contributed by atoms with Crippen molar-refractivity contribution >= 4 is 27.5 Å². The van der Waals surface area contributed by atoms with Gasteiger partial charge in [-0.3, -0.25) is 13.9 Å². The quantitative estimate of drug-likeness (QED) is 0.705. The molecule has 0 bridgehead atoms. The highest BCUT2D eigenvalue weighted by Crippen LogP contribution is 2.24. The molecule has 128 valence electrons. The number of methoxy groups -OCH3 is 1. The monoisotopic (exact) mass is 359 g/mol. The summed E-state index contributed by atoms with van der Waals surface area (Å²) in [6, 6.07) is 10.5. The van der Waals surface area contributed by atoms with E-state index in [1.165, 1.54) is 32.4 Å². The fourth-order valence-corrected chi connectivity index (χ4v) is 3.47. The van der Waals surface area contributed by atoms with E-state index in [4.69, 9.17) is 4.74 Å². The molecule has 2 aromatic carbocycles. The number of hydrogen-bond donors (Lipinski definition) is 0. The molecule has 0 N–H and O–H groups in total. The van der Waals surface area contributed by atoms with Crippen molar-refractivity contribution in [3.05, 3.63) is 53.2 Å². The van der Waals surface area contributed by atoms with Crippen LogP contribution in [0.5, 0.6) is 5.75 Å². The highest BCUT2D eigenvalue weighted by molar-refractivity contribution is 7.92. The van der Waals surface area contributed by atoms with Crippen LogP contribution in [0.3, 0.4) is 0 Å². The van der Waals surface area contributed by atoms with Gasteiger partial charge in [-0.25, -0.2) is 18.4 Å². The summed E-state index contributed by atoms with van der Waals surface area (Å²) in [4.78, 5) is 29.7. The molecule has 0 saturated heterocycles. The van der Waals surface area contributed by atoms with Gasteiger partial charge in [0.2, 0.25) is 0 Å². The highest BCUT2D eigenvalue weighted by Gasteiger charge is 2.23. The molecule has 0 spiro atoms. The summed E-state index contributed by atoms with van der Waals surface area (Å²) in [5.41, 5.74) is 0.407. The molecule has 0 fully saturated rings. The molecule has 0 aliphatic carbocycles. The third-order valence-corrected chi connectivity index (χ3v) is 5.43. The van der Waals surface area contributed by atoms with E-state index in [1.807, 2.05) is 0 Å². The first kappa shape index (κ1) is 16.8. The van der Waals surface area contributed by atoms with E-state index < -0.39 is 21.8 Å². The molecule has 1 aliphatic heterocycles. The Kier molecular flexibility index (Phi) is 4.09. The first-order chi connectivity index (χ1) is 11.8. The van der Waals surface area contributed by atoms with Gasteiger partial charge in [-0.05, 0) is 30.3 Å². The molecule has 0 atom stereocenters. The van der Waals surface area contributed by atoms with Crippen molar-refractivity contribution in [2.24, 2.45) is 9.98 Å². The maximum Gasteiger partial charge on any atom is 0.338 e. The Morgan fingerprint density at radius 1 is 0.960 bits per heavy atom. The number of benzene rings is 2. The van der Waals surface area contributed by atoms with Crippen molar-refractivity contribution in [1.29, 1.82) is 0 Å². The predicted octanol–water partition coefficient (Wildman–Crippen LogP) is -0.174. The van der Waals surface area contributed by atoms with Crippen molar-refractivity contribution in [3.8, 4) is 5.75 Å². The number of carbonyl (C=O) groups excluding carboxylic acids is 2. The zero-order valence-corrected chi connectivity index (χ0v) is 14.1. The normalized spacial score (nSPS) is 13.5. The maximum absolute atomic E-state index is 12.8. The van der Waals surface area contributed by atoms with Crippen LogP contribution in [0.1, 0.15) is 0 Å². The zero-order valence-electron chi connectivity index (χ0n) is 13.3. The number of amides is 2. The fourth-order valence-electron chi connectivity index (χ4n) is 2.27. The van der Waals surface area contributed by atoms with E-state index in [-0.39, 0.29) is 15.6 Å². The van der Waals surface area contributed by atoms with E-state index in [1.54, 1.807) is 24.3 Å². The lowest BCUT2D eigenvalue weighted by atomic mass is 10.3. The molecular formula is C16H13N3O5S. The Hall–Kier alpha value is -3.07. The molecule has 8 nitrogen and oxygen atoms in total. The molecule has 9 heteroatoms. The van der Waals surface area contributed by atoms with E-state index in [0.29, 0.717) is 11.4 Å². The average molecular weight is 359 g/mol. The second kappa shape index (κ2) is 6.10. The van der Waals surface area contributed by atoms with Gasteiger partial charge < -0.3 is 4.74 Å². The molecule has 25 heavy (non-hydrogen) atoms. The second-order valence-electron chi connectivity index (χ2n) is 5.16. The van der Waals surface area contributed by atoms with Crippen LogP contribution in [-0.4, -0.2) is 34.4 Å². The average Bonchev–Trinajstić information content (AvgIpc) is 2.61. The van der Waals surface area contributed by atoms with Crippen molar-refractivity contribution in [2.75, 3.05) is 18.5 Å². The fraction of sp³-hybridized carbons (Fsp3) is 0.125. The van der Waals surface area contributed by atoms with Gasteiger partial charge in [-0.1, -0.05) is 6.07 Å². The predicted molar refractivity (Wildman–Crippen MR) is 87.4 cm³/mol. The number of hydrogen-bond acceptors (Lipinski definition) is 5. The first-order valence-corrected chi connectivity index (χ1v) is 8.56. The third-order valence-electron chi connectivity index (χ3n) is 3.65. The second-order valence-corrected chi connectivity index (χ2v) is 7.13. The number of nitrogens with zero attached hydrogens (tertiary/aromatic N) is 3. The third kappa shape index (κ3) is 3.01. The summed E-state index contributed by atoms with van der Waals surface area (Å²) in [5, 5.41) is 0.206. The molecule has 2 aromatic rings. The Morgan fingerprint density at radius 3 is 2.32 bits per heavy atom. The van der Waals surface area contributed by atoms with Crippen LogP contribution in [0.2, 0.25) is 0 Å². The van der Waals surface area contributed by atoms with Crippen molar-refractivity contribution in [2.45, 2.75) is 4.90 Å². The standard InChI is InChI=1S/C16H13N3O5S/c1-19(10-4-3-5-11(8-10)24-2)25(22,23)12-6-7-13-14(9-12)18-16(21)15(20)17-13/h3-9H,1-2H3. The van der Waals surface area contributed by atoms with Gasteiger partial charge in [0.15, 0.2) is 0 Å². The number of carbonyl (C=O) groups is 2. The topological polar surface area (TPSA) is 105 Å². The Bertz CT molecular complexity index is 1110. The van der Waals surface area contributed by atoms with Crippen LogP contribution in [0.15, 0.2) is 57.3 Å². The molecule has 2 amide bonds. The van der Waals surface area contributed by atoms with E-state index in [2.05, 4.69) is 9.98 Å². The Balaban J connectivity index is 2.08. The van der Waals surface area contributed by atoms with E-state index in [0.717, 1.165) is 4.31 Å². The van der Waals surface area contributed by atoms with Gasteiger partial charge in [-0.15, -0.1) is 0 Å². The van der Waals surface area contributed by atoms with E-state index >= 15 is 0 Å². The molecule has 0 aromatic heterocycles. The van der Waals surface area contributed by atoms with Crippen LogP contribution >= 0.6 is 0 Å². The number of sulfonamides is 1. The Morgan fingerprint density at radius 2 is 1.64 bits per heavy atom. The molecule has 1 aliphatic rings. The lowest BCUT2D eigenvalue weighted by Gasteiger charge is -2.20. The summed E-state index contributed by atoms with van der Waals surface area (Å²) in [6.07, 6.45) is 0. The summed E-state index contributed by atoms with van der Waals surface area (Å²) in [7, 11) is -1.01. The van der Waals surface area contributed by atoms with Gasteiger partial charge in [-0.2, -0.15) is 0 Å². The van der Waals surface area contributed by atoms with Crippen LogP contribution in [0.4, 0.5) is 5.69 Å². The largest absolute Gasteiger partial charge is 0.497 e. The summed E-state index contributed by atoms with van der Waals surface area (Å²) in [6.45, 7) is 0. The van der Waals surface area contributed by atoms with Crippen LogP contribution in [0.25, 0.3) is 0 Å². The number of fused-ring (bicyclic) bond motifs is 1. The Labute approximate surface area is 143 Å². The summed E-state index contributed by atoms with van der Waals surface area (Å²) < 4.78 is 31.8. The molecule has 3 rings (SSSR count). The summed E-state index contributed by atoms with van der Waals surface area (Å²) >= 11 is 0. The molecule has 0 saturated carbocycles. The first-order valence-electron chi connectivity index (χ1n) is 7.12. The van der Waals surface area contributed by atoms with E-state index in [9.17, 15) is 18.0 Å². The van der Waals surface area contributed by atoms with Crippen LogP contribution in [0, 0.1) is 0 Å². The van der Waals surface area contributed by atoms with Gasteiger partial charge in [0, 0.05) is 13.1 Å². The minimum atomic E-state index is -3.90. The van der Waals surface area contributed by atoms with Gasteiger partial charge in [0.05, 0.1) is 28.4 Å². The lowest BCUT2D eigenvalue weighted by Crippen LogP contribution is -2.36. The van der Waals surface area contributed by atoms with Crippen molar-refractivity contribution in [3.63, 3.8) is 0 Å². The summed E-state index contributed by atoms with van der Waals surface area (Å²) in [5.74, 6) is -1.48. The van der Waals surface area contributed by atoms with Crippen LogP contribution < -0.4 is 19.8 Å². The highest BCUT2D eigenvalue weighted by atomic mass is 32.2. The molecule has 0 unspecified atom stereocenters. The van der Waals surface area contributed by atoms with Crippen molar-refractivity contribution < 1.29 is 22.7 Å². The van der Waals surface area contributed by atoms with Gasteiger partial charge in [0.25, 0.3) is 10.0 Å². The smallest absolute Gasteiger partial charge is 0.338 e. The van der Waals surface area contributed by atoms with Gasteiger partial charge >= 0.3 is 11.8 Å². The number of ether oxygens (including phenoxy) is 1. The molecular weight excluding hydrogens is 346 g/mol. The minimum Gasteiger partial charge on any atom is -0.497 e. The van der Waals surface area contributed by atoms with Gasteiger partial charge in [0.1, 0.15) is 5.75 Å². The molecule has 1 heterocycles. The van der Waals surface area contributed by atoms with Crippen LogP contribution in [-0.2, 0) is 19.6 Å². The number of rotatable bonds is 4. The number of anilines is 1. The molecule has 0 radical (unpaired) electrons. The minimum absolute atomic E-state index is 0.0460. The lowest BCUT2D eigenvalue weighted by molar-refractivity contribution is -0.135. The zero-order chi connectivity index (χ0) is 18.2. The maximum atomic E-state index is 12.8.